The number of carbonyl (C=O) groups is 2. The van der Waals surface area contributed by atoms with Crippen molar-refractivity contribution in [2.45, 2.75) is 45.2 Å². The summed E-state index contributed by atoms with van der Waals surface area (Å²) >= 11 is 0. The lowest BCUT2D eigenvalue weighted by molar-refractivity contribution is -0.150. The van der Waals surface area contributed by atoms with Crippen LogP contribution in [0.4, 0.5) is 0 Å². The molecule has 2 amide bonds. The van der Waals surface area contributed by atoms with E-state index in [0.717, 1.165) is 30.5 Å². The van der Waals surface area contributed by atoms with E-state index < -0.39 is 5.54 Å². The Kier molecular flexibility index (Phi) is 3.43. The van der Waals surface area contributed by atoms with Gasteiger partial charge in [0.25, 0.3) is 0 Å². The van der Waals surface area contributed by atoms with Gasteiger partial charge in [-0.2, -0.15) is 0 Å². The summed E-state index contributed by atoms with van der Waals surface area (Å²) < 4.78 is 0. The Bertz CT molecular complexity index is 583. The first kappa shape index (κ1) is 14.0. The van der Waals surface area contributed by atoms with Crippen molar-refractivity contribution < 1.29 is 9.59 Å². The maximum absolute atomic E-state index is 12.8. The molecule has 1 aliphatic heterocycles. The SMILES string of the molecule is CCc1cccnc1CN1CC(=O)NC(C)(C2CC2)C1=O. The van der Waals surface area contributed by atoms with Crippen molar-refractivity contribution in [3.8, 4) is 0 Å². The molecule has 0 aromatic carbocycles. The van der Waals surface area contributed by atoms with Crippen LogP contribution in [0, 0.1) is 5.92 Å². The molecule has 0 bridgehead atoms. The minimum Gasteiger partial charge on any atom is -0.340 e. The molecule has 5 nitrogen and oxygen atoms in total. The van der Waals surface area contributed by atoms with Gasteiger partial charge < -0.3 is 10.2 Å². The van der Waals surface area contributed by atoms with E-state index in [-0.39, 0.29) is 24.3 Å². The van der Waals surface area contributed by atoms with Crippen LogP contribution in [-0.4, -0.2) is 33.8 Å². The van der Waals surface area contributed by atoms with E-state index in [9.17, 15) is 9.59 Å². The average Bonchev–Trinajstić information content (AvgIpc) is 3.30. The zero-order valence-electron chi connectivity index (χ0n) is 12.6. The average molecular weight is 287 g/mol. The molecule has 2 heterocycles. The molecular formula is C16H21N3O2. The van der Waals surface area contributed by atoms with Crippen molar-refractivity contribution >= 4 is 11.8 Å². The lowest BCUT2D eigenvalue weighted by Crippen LogP contribution is -2.66. The monoisotopic (exact) mass is 287 g/mol. The van der Waals surface area contributed by atoms with E-state index in [4.69, 9.17) is 0 Å². The number of pyridine rings is 1. The standard InChI is InChI=1S/C16H21N3O2/c1-3-11-5-4-8-17-13(11)9-19-10-14(20)18-16(2,15(19)21)12-6-7-12/h4-5,8,12H,3,6-7,9-10H2,1-2H3,(H,18,20). The summed E-state index contributed by atoms with van der Waals surface area (Å²) in [5.41, 5.74) is 1.29. The van der Waals surface area contributed by atoms with Gasteiger partial charge in [-0.1, -0.05) is 13.0 Å². The van der Waals surface area contributed by atoms with Gasteiger partial charge in [-0.3, -0.25) is 14.6 Å². The number of nitrogens with zero attached hydrogens (tertiary/aromatic N) is 2. The molecule has 0 radical (unpaired) electrons. The third-order valence-electron chi connectivity index (χ3n) is 4.56. The van der Waals surface area contributed by atoms with Crippen LogP contribution in [0.25, 0.3) is 0 Å². The zero-order valence-corrected chi connectivity index (χ0v) is 12.6. The van der Waals surface area contributed by atoms with Crippen molar-refractivity contribution in [1.29, 1.82) is 0 Å². The van der Waals surface area contributed by atoms with E-state index in [0.29, 0.717) is 6.54 Å². The number of piperazine rings is 1. The summed E-state index contributed by atoms with van der Waals surface area (Å²) in [5.74, 6) is 0.237. The fraction of sp³-hybridized carbons (Fsp3) is 0.562. The van der Waals surface area contributed by atoms with Crippen molar-refractivity contribution in [1.82, 2.24) is 15.2 Å². The molecule has 1 saturated heterocycles. The van der Waals surface area contributed by atoms with Gasteiger partial charge in [0.05, 0.1) is 12.2 Å². The highest BCUT2D eigenvalue weighted by Gasteiger charge is 2.52. The predicted molar refractivity (Wildman–Crippen MR) is 78.3 cm³/mol. The van der Waals surface area contributed by atoms with Gasteiger partial charge in [-0.05, 0) is 43.7 Å². The predicted octanol–water partition coefficient (Wildman–Crippen LogP) is 1.27. The van der Waals surface area contributed by atoms with Crippen molar-refractivity contribution in [2.75, 3.05) is 6.54 Å². The molecule has 112 valence electrons. The van der Waals surface area contributed by atoms with Crippen LogP contribution >= 0.6 is 0 Å². The van der Waals surface area contributed by atoms with E-state index in [1.54, 1.807) is 11.1 Å². The normalized spacial score (nSPS) is 25.9. The second kappa shape index (κ2) is 5.13. The number of hydrogen-bond donors (Lipinski definition) is 1. The van der Waals surface area contributed by atoms with Gasteiger partial charge in [-0.15, -0.1) is 0 Å². The molecule has 1 unspecified atom stereocenters. The highest BCUT2D eigenvalue weighted by molar-refractivity contribution is 5.98. The van der Waals surface area contributed by atoms with Gasteiger partial charge in [0.1, 0.15) is 12.1 Å². The van der Waals surface area contributed by atoms with E-state index in [1.165, 1.54) is 0 Å². The van der Waals surface area contributed by atoms with Crippen molar-refractivity contribution in [2.24, 2.45) is 5.92 Å². The van der Waals surface area contributed by atoms with Crippen molar-refractivity contribution in [3.63, 3.8) is 0 Å². The second-order valence-electron chi connectivity index (χ2n) is 6.15. The van der Waals surface area contributed by atoms with E-state index in [2.05, 4.69) is 17.2 Å². The van der Waals surface area contributed by atoms with Crippen LogP contribution in [0.2, 0.25) is 0 Å². The molecule has 21 heavy (non-hydrogen) atoms. The first-order valence-electron chi connectivity index (χ1n) is 7.57. The van der Waals surface area contributed by atoms with Crippen LogP contribution in [0.3, 0.4) is 0 Å². The minimum absolute atomic E-state index is 0.0253. The highest BCUT2D eigenvalue weighted by atomic mass is 16.2. The number of aryl methyl sites for hydroxylation is 1. The Labute approximate surface area is 124 Å². The van der Waals surface area contributed by atoms with Crippen LogP contribution < -0.4 is 5.32 Å². The molecule has 1 aromatic rings. The minimum atomic E-state index is -0.726. The summed E-state index contributed by atoms with van der Waals surface area (Å²) in [6.45, 7) is 4.47. The Morgan fingerprint density at radius 2 is 2.19 bits per heavy atom. The summed E-state index contributed by atoms with van der Waals surface area (Å²) in [4.78, 5) is 30.8. The molecule has 1 aliphatic carbocycles. The first-order chi connectivity index (χ1) is 10.0. The van der Waals surface area contributed by atoms with Crippen LogP contribution in [0.5, 0.6) is 0 Å². The maximum Gasteiger partial charge on any atom is 0.249 e. The summed E-state index contributed by atoms with van der Waals surface area (Å²) in [6.07, 6.45) is 4.64. The number of amides is 2. The fourth-order valence-corrected chi connectivity index (χ4v) is 3.14. The van der Waals surface area contributed by atoms with Gasteiger partial charge >= 0.3 is 0 Å². The lowest BCUT2D eigenvalue weighted by atomic mass is 9.91. The number of hydrogen-bond acceptors (Lipinski definition) is 3. The van der Waals surface area contributed by atoms with E-state index >= 15 is 0 Å². The molecule has 0 spiro atoms. The Morgan fingerprint density at radius 1 is 1.43 bits per heavy atom. The largest absolute Gasteiger partial charge is 0.340 e. The summed E-state index contributed by atoms with van der Waals surface area (Å²) in [7, 11) is 0. The Morgan fingerprint density at radius 3 is 2.86 bits per heavy atom. The van der Waals surface area contributed by atoms with Crippen LogP contribution in [0.15, 0.2) is 18.3 Å². The molecular weight excluding hydrogens is 266 g/mol. The number of carbonyl (C=O) groups excluding carboxylic acids is 2. The molecule has 1 N–H and O–H groups in total. The van der Waals surface area contributed by atoms with Gasteiger partial charge in [0.2, 0.25) is 11.8 Å². The molecule has 1 atom stereocenters. The maximum atomic E-state index is 12.8. The molecule has 2 fully saturated rings. The summed E-state index contributed by atoms with van der Waals surface area (Å²) in [5, 5.41) is 2.90. The highest BCUT2D eigenvalue weighted by Crippen LogP contribution is 2.41. The molecule has 3 rings (SSSR count). The lowest BCUT2D eigenvalue weighted by Gasteiger charge is -2.40. The number of nitrogens with one attached hydrogen (secondary N) is 1. The van der Waals surface area contributed by atoms with E-state index in [1.807, 2.05) is 19.1 Å². The topological polar surface area (TPSA) is 62.3 Å². The summed E-state index contributed by atoms with van der Waals surface area (Å²) in [6, 6.07) is 3.93. The number of aromatic nitrogens is 1. The van der Waals surface area contributed by atoms with Crippen LogP contribution in [0.1, 0.15) is 37.9 Å². The molecule has 1 aromatic heterocycles. The smallest absolute Gasteiger partial charge is 0.249 e. The molecule has 5 heteroatoms. The molecule has 1 saturated carbocycles. The fourth-order valence-electron chi connectivity index (χ4n) is 3.14. The van der Waals surface area contributed by atoms with Crippen LogP contribution in [-0.2, 0) is 22.6 Å². The van der Waals surface area contributed by atoms with Crippen molar-refractivity contribution in [3.05, 3.63) is 29.6 Å². The zero-order chi connectivity index (χ0) is 15.0. The van der Waals surface area contributed by atoms with Gasteiger partial charge in [0, 0.05) is 6.20 Å². The second-order valence-corrected chi connectivity index (χ2v) is 6.15. The number of rotatable bonds is 4. The third kappa shape index (κ3) is 2.52. The Balaban J connectivity index is 1.84. The third-order valence-corrected chi connectivity index (χ3v) is 4.56. The van der Waals surface area contributed by atoms with Gasteiger partial charge in [-0.25, -0.2) is 0 Å². The quantitative estimate of drug-likeness (QED) is 0.907. The van der Waals surface area contributed by atoms with Gasteiger partial charge in [0.15, 0.2) is 0 Å². The first-order valence-corrected chi connectivity index (χ1v) is 7.57. The Hall–Kier alpha value is -1.91. The molecule has 2 aliphatic rings.